The van der Waals surface area contributed by atoms with Crippen LogP contribution in [-0.4, -0.2) is 15.0 Å². The Labute approximate surface area is 95.9 Å². The smallest absolute Gasteiger partial charge is 0.230 e. The van der Waals surface area contributed by atoms with E-state index in [2.05, 4.69) is 15.0 Å². The largest absolute Gasteiger partial charge is 0.436 e. The van der Waals surface area contributed by atoms with Gasteiger partial charge in [0.2, 0.25) is 5.89 Å². The summed E-state index contributed by atoms with van der Waals surface area (Å²) in [7, 11) is 0. The average Bonchev–Trinajstić information content (AvgIpc) is 2.73. The van der Waals surface area contributed by atoms with E-state index in [1.54, 1.807) is 30.6 Å². The topological polar surface area (TPSA) is 51.8 Å². The molecule has 2 heterocycles. The summed E-state index contributed by atoms with van der Waals surface area (Å²) >= 11 is 5.87. The van der Waals surface area contributed by atoms with Gasteiger partial charge in [0, 0.05) is 17.4 Å². The Balaban J connectivity index is 2.19. The molecule has 0 aliphatic heterocycles. The second kappa shape index (κ2) is 3.57. The summed E-state index contributed by atoms with van der Waals surface area (Å²) in [5.74, 6) is 0.498. The van der Waals surface area contributed by atoms with Crippen molar-refractivity contribution >= 4 is 22.7 Å². The van der Waals surface area contributed by atoms with E-state index < -0.39 is 0 Å². The molecule has 4 nitrogen and oxygen atoms in total. The van der Waals surface area contributed by atoms with Crippen molar-refractivity contribution in [2.75, 3.05) is 0 Å². The Hall–Kier alpha value is -1.94. The lowest BCUT2D eigenvalue weighted by molar-refractivity contribution is 0.619. The summed E-state index contributed by atoms with van der Waals surface area (Å²) in [5, 5.41) is 0.636. The second-order valence-corrected chi connectivity index (χ2v) is 3.69. The Morgan fingerprint density at radius 1 is 1.12 bits per heavy atom. The van der Waals surface area contributed by atoms with Crippen molar-refractivity contribution in [3.8, 4) is 11.5 Å². The Morgan fingerprint density at radius 2 is 1.94 bits per heavy atom. The molecule has 0 N–H and O–H groups in total. The summed E-state index contributed by atoms with van der Waals surface area (Å²) < 4.78 is 5.56. The van der Waals surface area contributed by atoms with E-state index in [0.717, 1.165) is 11.1 Å². The van der Waals surface area contributed by atoms with Gasteiger partial charge in [-0.15, -0.1) is 0 Å². The van der Waals surface area contributed by atoms with E-state index in [0.29, 0.717) is 16.5 Å². The summed E-state index contributed by atoms with van der Waals surface area (Å²) in [6.45, 7) is 0. The van der Waals surface area contributed by atoms with Crippen LogP contribution >= 0.6 is 11.6 Å². The first kappa shape index (κ1) is 9.30. The van der Waals surface area contributed by atoms with Crippen molar-refractivity contribution in [1.82, 2.24) is 15.0 Å². The minimum atomic E-state index is 0.498. The van der Waals surface area contributed by atoms with Gasteiger partial charge in [0.05, 0.1) is 5.56 Å². The molecule has 0 aliphatic carbocycles. The molecule has 0 fully saturated rings. The summed E-state index contributed by atoms with van der Waals surface area (Å²) in [6.07, 6.45) is 4.77. The van der Waals surface area contributed by atoms with Crippen molar-refractivity contribution in [1.29, 1.82) is 0 Å². The number of hydrogen-bond acceptors (Lipinski definition) is 4. The molecule has 0 radical (unpaired) electrons. The lowest BCUT2D eigenvalue weighted by Gasteiger charge is -1.90. The third kappa shape index (κ3) is 1.53. The minimum absolute atomic E-state index is 0.498. The van der Waals surface area contributed by atoms with Gasteiger partial charge in [0.15, 0.2) is 5.58 Å². The highest BCUT2D eigenvalue weighted by molar-refractivity contribution is 6.31. The predicted octanol–water partition coefficient (Wildman–Crippen LogP) is 2.94. The maximum atomic E-state index is 5.87. The predicted molar refractivity (Wildman–Crippen MR) is 60.0 cm³/mol. The van der Waals surface area contributed by atoms with Gasteiger partial charge in [0.1, 0.15) is 11.8 Å². The molecule has 16 heavy (non-hydrogen) atoms. The molecule has 0 spiro atoms. The maximum Gasteiger partial charge on any atom is 0.230 e. The van der Waals surface area contributed by atoms with Crippen molar-refractivity contribution < 1.29 is 4.42 Å². The van der Waals surface area contributed by atoms with Gasteiger partial charge in [-0.2, -0.15) is 0 Å². The van der Waals surface area contributed by atoms with Gasteiger partial charge in [0.25, 0.3) is 0 Å². The zero-order valence-corrected chi connectivity index (χ0v) is 8.85. The van der Waals surface area contributed by atoms with Gasteiger partial charge in [-0.25, -0.2) is 15.0 Å². The van der Waals surface area contributed by atoms with Gasteiger partial charge < -0.3 is 4.42 Å². The molecule has 0 atom stereocenters. The average molecular weight is 232 g/mol. The molecule has 1 aromatic carbocycles. The summed E-state index contributed by atoms with van der Waals surface area (Å²) in [6, 6.07) is 5.31. The molecule has 78 valence electrons. The number of rotatable bonds is 1. The monoisotopic (exact) mass is 231 g/mol. The van der Waals surface area contributed by atoms with Gasteiger partial charge in [-0.3, -0.25) is 0 Å². The third-order valence-electron chi connectivity index (χ3n) is 2.16. The Morgan fingerprint density at radius 3 is 2.75 bits per heavy atom. The summed E-state index contributed by atoms with van der Waals surface area (Å²) in [4.78, 5) is 12.1. The molecule has 0 saturated heterocycles. The fourth-order valence-corrected chi connectivity index (χ4v) is 1.60. The first-order valence-electron chi connectivity index (χ1n) is 4.64. The first-order chi connectivity index (χ1) is 7.83. The molecule has 0 unspecified atom stereocenters. The normalized spacial score (nSPS) is 10.8. The van der Waals surface area contributed by atoms with Crippen LogP contribution in [0.5, 0.6) is 0 Å². The number of aromatic nitrogens is 3. The van der Waals surface area contributed by atoms with Gasteiger partial charge in [-0.05, 0) is 18.2 Å². The van der Waals surface area contributed by atoms with Crippen LogP contribution in [0.3, 0.4) is 0 Å². The lowest BCUT2D eigenvalue weighted by atomic mass is 10.3. The summed E-state index contributed by atoms with van der Waals surface area (Å²) in [5.41, 5.74) is 2.17. The molecule has 0 saturated carbocycles. The molecular weight excluding hydrogens is 226 g/mol. The number of nitrogens with zero attached hydrogens (tertiary/aromatic N) is 3. The highest BCUT2D eigenvalue weighted by Gasteiger charge is 2.08. The second-order valence-electron chi connectivity index (χ2n) is 3.26. The van der Waals surface area contributed by atoms with Crippen LogP contribution in [0, 0.1) is 0 Å². The standard InChI is InChI=1S/C11H6ClN3O/c12-8-1-2-10-9(3-8)15-11(16-10)7-4-13-6-14-5-7/h1-6H. The van der Waals surface area contributed by atoms with Crippen LogP contribution in [0.15, 0.2) is 41.3 Å². The van der Waals surface area contributed by atoms with Gasteiger partial charge in [-0.1, -0.05) is 11.6 Å². The Bertz CT molecular complexity index is 636. The van der Waals surface area contributed by atoms with Crippen LogP contribution in [0.4, 0.5) is 0 Å². The Kier molecular flexibility index (Phi) is 2.08. The zero-order valence-electron chi connectivity index (χ0n) is 8.09. The van der Waals surface area contributed by atoms with Crippen molar-refractivity contribution in [2.24, 2.45) is 0 Å². The highest BCUT2D eigenvalue weighted by atomic mass is 35.5. The SMILES string of the molecule is Clc1ccc2oc(-c3cncnc3)nc2c1. The molecule has 0 bridgehead atoms. The van der Waals surface area contributed by atoms with Crippen molar-refractivity contribution in [3.05, 3.63) is 41.9 Å². The number of fused-ring (bicyclic) bond motifs is 1. The minimum Gasteiger partial charge on any atom is -0.436 e. The van der Waals surface area contributed by atoms with E-state index >= 15 is 0 Å². The number of oxazole rings is 1. The third-order valence-corrected chi connectivity index (χ3v) is 2.39. The maximum absolute atomic E-state index is 5.87. The molecule has 3 rings (SSSR count). The van der Waals surface area contributed by atoms with Crippen LogP contribution in [0.2, 0.25) is 5.02 Å². The van der Waals surface area contributed by atoms with E-state index in [1.165, 1.54) is 6.33 Å². The number of hydrogen-bond donors (Lipinski definition) is 0. The van der Waals surface area contributed by atoms with E-state index in [4.69, 9.17) is 16.0 Å². The van der Waals surface area contributed by atoms with Crippen LogP contribution in [0.25, 0.3) is 22.6 Å². The fourth-order valence-electron chi connectivity index (χ4n) is 1.43. The quantitative estimate of drug-likeness (QED) is 0.646. The number of benzene rings is 1. The van der Waals surface area contributed by atoms with Crippen molar-refractivity contribution in [2.45, 2.75) is 0 Å². The molecule has 0 amide bonds. The van der Waals surface area contributed by atoms with Crippen molar-refractivity contribution in [3.63, 3.8) is 0 Å². The molecule has 0 aliphatic rings. The lowest BCUT2D eigenvalue weighted by Crippen LogP contribution is -1.80. The molecule has 5 heteroatoms. The number of halogens is 1. The molecule has 2 aromatic heterocycles. The van der Waals surface area contributed by atoms with Crippen LogP contribution < -0.4 is 0 Å². The van der Waals surface area contributed by atoms with E-state index in [9.17, 15) is 0 Å². The molecule has 3 aromatic rings. The van der Waals surface area contributed by atoms with E-state index in [-0.39, 0.29) is 0 Å². The van der Waals surface area contributed by atoms with Crippen LogP contribution in [-0.2, 0) is 0 Å². The molecular formula is C11H6ClN3O. The van der Waals surface area contributed by atoms with E-state index in [1.807, 2.05) is 0 Å². The van der Waals surface area contributed by atoms with Crippen LogP contribution in [0.1, 0.15) is 0 Å². The fraction of sp³-hybridized carbons (Fsp3) is 0. The zero-order chi connectivity index (χ0) is 11.0. The van der Waals surface area contributed by atoms with Gasteiger partial charge >= 0.3 is 0 Å². The first-order valence-corrected chi connectivity index (χ1v) is 5.02. The highest BCUT2D eigenvalue weighted by Crippen LogP contribution is 2.24.